The van der Waals surface area contributed by atoms with Crippen LogP contribution in [0.1, 0.15) is 43.1 Å². The maximum Gasteiger partial charge on any atom is 0.419 e. The summed E-state index contributed by atoms with van der Waals surface area (Å²) < 4.78 is 50.4. The summed E-state index contributed by atoms with van der Waals surface area (Å²) in [4.78, 5) is 12.0. The lowest BCUT2D eigenvalue weighted by molar-refractivity contribution is -0.140. The van der Waals surface area contributed by atoms with E-state index in [1.807, 2.05) is 0 Å². The van der Waals surface area contributed by atoms with E-state index in [0.717, 1.165) is 6.07 Å². The number of rotatable bonds is 3. The SMILES string of the molecule is CCC(C)(C)C(=O)c1ccc(C(F)(F)F)c(F)c1. The van der Waals surface area contributed by atoms with E-state index >= 15 is 0 Å². The minimum atomic E-state index is -4.74. The molecule has 1 aromatic carbocycles. The largest absolute Gasteiger partial charge is 0.419 e. The first-order valence-electron chi connectivity index (χ1n) is 5.51. The Labute approximate surface area is 103 Å². The molecule has 18 heavy (non-hydrogen) atoms. The fourth-order valence-corrected chi connectivity index (χ4v) is 1.44. The number of hydrogen-bond acceptors (Lipinski definition) is 1. The van der Waals surface area contributed by atoms with E-state index in [4.69, 9.17) is 0 Å². The van der Waals surface area contributed by atoms with Crippen LogP contribution in [0.4, 0.5) is 17.6 Å². The molecule has 1 rings (SSSR count). The molecule has 0 aromatic heterocycles. The van der Waals surface area contributed by atoms with E-state index in [9.17, 15) is 22.4 Å². The molecule has 1 nitrogen and oxygen atoms in total. The lowest BCUT2D eigenvalue weighted by Crippen LogP contribution is -2.23. The summed E-state index contributed by atoms with van der Waals surface area (Å²) in [5.41, 5.74) is -2.10. The standard InChI is InChI=1S/C13H14F4O/c1-4-12(2,3)11(18)8-5-6-9(10(14)7-8)13(15,16)17/h5-7H,4H2,1-3H3. The van der Waals surface area contributed by atoms with Gasteiger partial charge in [0.2, 0.25) is 0 Å². The number of alkyl halides is 3. The molecular weight excluding hydrogens is 248 g/mol. The molecule has 0 aliphatic carbocycles. The number of ketones is 1. The predicted octanol–water partition coefficient (Wildman–Crippen LogP) is 4.46. The number of halogens is 4. The summed E-state index contributed by atoms with van der Waals surface area (Å²) in [5.74, 6) is -1.78. The maximum atomic E-state index is 13.3. The minimum Gasteiger partial charge on any atom is -0.294 e. The van der Waals surface area contributed by atoms with E-state index in [1.165, 1.54) is 0 Å². The zero-order valence-corrected chi connectivity index (χ0v) is 10.4. The molecule has 100 valence electrons. The van der Waals surface area contributed by atoms with Crippen LogP contribution in [-0.2, 0) is 6.18 Å². The molecule has 0 spiro atoms. The molecule has 0 radical (unpaired) electrons. The van der Waals surface area contributed by atoms with Gasteiger partial charge >= 0.3 is 6.18 Å². The van der Waals surface area contributed by atoms with Crippen LogP contribution in [0, 0.1) is 11.2 Å². The Balaban J connectivity index is 3.17. The van der Waals surface area contributed by atoms with Crippen molar-refractivity contribution in [2.75, 3.05) is 0 Å². The third kappa shape index (κ3) is 2.89. The molecule has 0 N–H and O–H groups in total. The van der Waals surface area contributed by atoms with Gasteiger partial charge in [-0.15, -0.1) is 0 Å². The van der Waals surface area contributed by atoms with Crippen LogP contribution in [0.15, 0.2) is 18.2 Å². The molecule has 0 saturated carbocycles. The molecule has 0 aliphatic rings. The lowest BCUT2D eigenvalue weighted by Gasteiger charge is -2.21. The molecule has 1 aromatic rings. The fourth-order valence-electron chi connectivity index (χ4n) is 1.44. The second-order valence-electron chi connectivity index (χ2n) is 4.76. The Bertz CT molecular complexity index is 461. The Kier molecular flexibility index (Phi) is 3.84. The van der Waals surface area contributed by atoms with Gasteiger partial charge in [0.15, 0.2) is 5.78 Å². The van der Waals surface area contributed by atoms with Crippen molar-refractivity contribution in [2.45, 2.75) is 33.4 Å². The lowest BCUT2D eigenvalue weighted by atomic mass is 9.82. The molecule has 5 heteroatoms. The smallest absolute Gasteiger partial charge is 0.294 e. The number of benzene rings is 1. The Morgan fingerprint density at radius 3 is 2.17 bits per heavy atom. The Morgan fingerprint density at radius 1 is 1.22 bits per heavy atom. The second-order valence-corrected chi connectivity index (χ2v) is 4.76. The molecule has 0 atom stereocenters. The van der Waals surface area contributed by atoms with Crippen LogP contribution in [-0.4, -0.2) is 5.78 Å². The number of hydrogen-bond donors (Lipinski definition) is 0. The van der Waals surface area contributed by atoms with Crippen LogP contribution in [0.3, 0.4) is 0 Å². The van der Waals surface area contributed by atoms with E-state index < -0.39 is 23.0 Å². The molecular formula is C13H14F4O. The third-order valence-corrected chi connectivity index (χ3v) is 3.04. The Morgan fingerprint density at radius 2 is 1.78 bits per heavy atom. The summed E-state index contributed by atoms with van der Waals surface area (Å²) in [6, 6.07) is 2.28. The molecule has 0 bridgehead atoms. The molecule has 0 unspecified atom stereocenters. The van der Waals surface area contributed by atoms with Crippen molar-refractivity contribution in [3.63, 3.8) is 0 Å². The van der Waals surface area contributed by atoms with E-state index in [-0.39, 0.29) is 11.3 Å². The number of Topliss-reactive ketones (excluding diaryl/α,β-unsaturated/α-hetero) is 1. The van der Waals surface area contributed by atoms with E-state index in [2.05, 4.69) is 0 Å². The second kappa shape index (κ2) is 4.71. The highest BCUT2D eigenvalue weighted by atomic mass is 19.4. The normalized spacial score (nSPS) is 12.6. The zero-order valence-electron chi connectivity index (χ0n) is 10.4. The van der Waals surface area contributed by atoms with Gasteiger partial charge in [-0.2, -0.15) is 13.2 Å². The highest BCUT2D eigenvalue weighted by molar-refractivity contribution is 6.00. The summed E-state index contributed by atoms with van der Waals surface area (Å²) in [6.45, 7) is 5.13. The monoisotopic (exact) mass is 262 g/mol. The van der Waals surface area contributed by atoms with Gasteiger partial charge in [0, 0.05) is 11.0 Å². The first kappa shape index (κ1) is 14.7. The summed E-state index contributed by atoms with van der Waals surface area (Å²) in [5, 5.41) is 0. The van der Waals surface area contributed by atoms with Crippen molar-refractivity contribution in [3.05, 3.63) is 35.1 Å². The van der Waals surface area contributed by atoms with Crippen LogP contribution >= 0.6 is 0 Å². The zero-order chi connectivity index (χ0) is 14.1. The minimum absolute atomic E-state index is 0.0349. The van der Waals surface area contributed by atoms with Gasteiger partial charge in [-0.3, -0.25) is 4.79 Å². The highest BCUT2D eigenvalue weighted by Crippen LogP contribution is 2.33. The van der Waals surface area contributed by atoms with Crippen LogP contribution in [0.25, 0.3) is 0 Å². The molecule has 0 fully saturated rings. The molecule has 0 aliphatic heterocycles. The van der Waals surface area contributed by atoms with E-state index in [1.54, 1.807) is 20.8 Å². The summed E-state index contributed by atoms with van der Waals surface area (Å²) in [6.07, 6.45) is -4.22. The van der Waals surface area contributed by atoms with Gasteiger partial charge in [0.05, 0.1) is 5.56 Å². The van der Waals surface area contributed by atoms with Gasteiger partial charge in [0.25, 0.3) is 0 Å². The van der Waals surface area contributed by atoms with Gasteiger partial charge in [-0.1, -0.05) is 26.8 Å². The van der Waals surface area contributed by atoms with E-state index in [0.29, 0.717) is 18.6 Å². The molecule has 0 amide bonds. The molecule has 0 saturated heterocycles. The Hall–Kier alpha value is -1.39. The summed E-state index contributed by atoms with van der Waals surface area (Å²) in [7, 11) is 0. The van der Waals surface area contributed by atoms with Crippen LogP contribution in [0.5, 0.6) is 0 Å². The fraction of sp³-hybridized carbons (Fsp3) is 0.462. The van der Waals surface area contributed by atoms with Crippen molar-refractivity contribution in [2.24, 2.45) is 5.41 Å². The van der Waals surface area contributed by atoms with Gasteiger partial charge in [0.1, 0.15) is 5.82 Å². The maximum absolute atomic E-state index is 13.3. The average molecular weight is 262 g/mol. The number of carbonyl (C=O) groups is 1. The van der Waals surface area contributed by atoms with Crippen molar-refractivity contribution >= 4 is 5.78 Å². The average Bonchev–Trinajstić information content (AvgIpc) is 2.26. The molecule has 0 heterocycles. The highest BCUT2D eigenvalue weighted by Gasteiger charge is 2.35. The van der Waals surface area contributed by atoms with Crippen molar-refractivity contribution < 1.29 is 22.4 Å². The van der Waals surface area contributed by atoms with Gasteiger partial charge in [-0.05, 0) is 18.6 Å². The van der Waals surface area contributed by atoms with Gasteiger partial charge in [-0.25, -0.2) is 4.39 Å². The number of carbonyl (C=O) groups excluding carboxylic acids is 1. The summed E-state index contributed by atoms with van der Waals surface area (Å²) >= 11 is 0. The first-order chi connectivity index (χ1) is 8.09. The van der Waals surface area contributed by atoms with Crippen molar-refractivity contribution in [1.82, 2.24) is 0 Å². The topological polar surface area (TPSA) is 17.1 Å². The van der Waals surface area contributed by atoms with Crippen LogP contribution in [0.2, 0.25) is 0 Å². The van der Waals surface area contributed by atoms with Crippen molar-refractivity contribution in [1.29, 1.82) is 0 Å². The van der Waals surface area contributed by atoms with Crippen LogP contribution < -0.4 is 0 Å². The van der Waals surface area contributed by atoms with Crippen molar-refractivity contribution in [3.8, 4) is 0 Å². The third-order valence-electron chi connectivity index (χ3n) is 3.04. The first-order valence-corrected chi connectivity index (χ1v) is 5.51. The van der Waals surface area contributed by atoms with Gasteiger partial charge < -0.3 is 0 Å². The predicted molar refractivity (Wildman–Crippen MR) is 59.8 cm³/mol. The quantitative estimate of drug-likeness (QED) is 0.580.